The average Bonchev–Trinajstić information content (AvgIpc) is 2.96. The lowest BCUT2D eigenvalue weighted by molar-refractivity contribution is 0.457. The highest BCUT2D eigenvalue weighted by Gasteiger charge is 2.41. The van der Waals surface area contributed by atoms with E-state index in [2.05, 4.69) is 11.8 Å². The molecule has 0 fully saturated rings. The highest BCUT2D eigenvalue weighted by molar-refractivity contribution is 7.87. The van der Waals surface area contributed by atoms with Crippen LogP contribution in [-0.2, 0) is 16.8 Å². The van der Waals surface area contributed by atoms with Crippen molar-refractivity contribution >= 4 is 21.7 Å². The first kappa shape index (κ1) is 19.7. The smallest absolute Gasteiger partial charge is 0.344 e. The van der Waals surface area contributed by atoms with Crippen LogP contribution in [0.5, 0.6) is 0 Å². The summed E-state index contributed by atoms with van der Waals surface area (Å²) in [5.41, 5.74) is 2.51. The molecule has 146 valence electrons. The van der Waals surface area contributed by atoms with Crippen LogP contribution in [0.25, 0.3) is 0 Å². The number of hydrogen-bond donors (Lipinski definition) is 1. The Labute approximate surface area is 162 Å². The van der Waals surface area contributed by atoms with Crippen LogP contribution in [0.3, 0.4) is 0 Å². The van der Waals surface area contributed by atoms with Gasteiger partial charge in [0.25, 0.3) is 0 Å². The molecule has 0 saturated carbocycles. The lowest BCUT2D eigenvalue weighted by Gasteiger charge is -2.31. The van der Waals surface area contributed by atoms with E-state index in [1.807, 2.05) is 42.5 Å². The predicted molar refractivity (Wildman–Crippen MR) is 110 cm³/mol. The van der Waals surface area contributed by atoms with E-state index in [1.165, 1.54) is 17.1 Å². The molecule has 1 unspecified atom stereocenters. The van der Waals surface area contributed by atoms with E-state index < -0.39 is 16.5 Å². The van der Waals surface area contributed by atoms with Gasteiger partial charge < -0.3 is 4.90 Å². The molecule has 0 bridgehead atoms. The third-order valence-electron chi connectivity index (χ3n) is 5.07. The Morgan fingerprint density at radius 1 is 0.889 bits per heavy atom. The second-order valence-electron chi connectivity index (χ2n) is 7.06. The zero-order valence-electron chi connectivity index (χ0n) is 15.8. The Morgan fingerprint density at radius 3 is 2.19 bits per heavy atom. The highest BCUT2D eigenvalue weighted by Crippen LogP contribution is 2.43. The first-order valence-electron chi connectivity index (χ1n) is 9.69. The van der Waals surface area contributed by atoms with Crippen LogP contribution in [-0.4, -0.2) is 19.1 Å². The summed E-state index contributed by atoms with van der Waals surface area (Å²) < 4.78 is 35.5. The molecule has 0 saturated heterocycles. The van der Waals surface area contributed by atoms with E-state index >= 15 is 0 Å². The van der Waals surface area contributed by atoms with E-state index in [9.17, 15) is 13.0 Å². The van der Waals surface area contributed by atoms with Gasteiger partial charge in [0.2, 0.25) is 0 Å². The standard InChI is InChI=1S/C21H28N2O3S/c1-2-3-4-5-9-16-21-22(17-18-12-7-6-8-13-18)19-14-10-11-15-20(19)23(21)27(24,25)26/h6-8,10-15,21H,2-5,9,16-17H2,1H3,(H,24,25,26). The van der Waals surface area contributed by atoms with Crippen LogP contribution in [0.2, 0.25) is 0 Å². The molecule has 0 radical (unpaired) electrons. The van der Waals surface area contributed by atoms with Gasteiger partial charge in [-0.1, -0.05) is 75.1 Å². The summed E-state index contributed by atoms with van der Waals surface area (Å²) in [6, 6.07) is 17.4. The summed E-state index contributed by atoms with van der Waals surface area (Å²) in [4.78, 5) is 2.10. The number of hydrogen-bond acceptors (Lipinski definition) is 3. The van der Waals surface area contributed by atoms with Crippen molar-refractivity contribution in [2.75, 3.05) is 9.21 Å². The zero-order valence-corrected chi connectivity index (χ0v) is 16.6. The number of anilines is 2. The van der Waals surface area contributed by atoms with Crippen LogP contribution in [0, 0.1) is 0 Å². The van der Waals surface area contributed by atoms with Crippen molar-refractivity contribution in [3.63, 3.8) is 0 Å². The van der Waals surface area contributed by atoms with E-state index in [4.69, 9.17) is 0 Å². The average molecular weight is 389 g/mol. The molecule has 1 atom stereocenters. The Morgan fingerprint density at radius 2 is 1.52 bits per heavy atom. The number of para-hydroxylation sites is 2. The van der Waals surface area contributed by atoms with E-state index in [0.717, 1.165) is 30.5 Å². The molecule has 1 heterocycles. The fourth-order valence-corrected chi connectivity index (χ4v) is 4.72. The lowest BCUT2D eigenvalue weighted by Crippen LogP contribution is -2.45. The molecule has 6 heteroatoms. The molecule has 27 heavy (non-hydrogen) atoms. The second-order valence-corrected chi connectivity index (χ2v) is 8.35. The molecule has 1 aliphatic rings. The van der Waals surface area contributed by atoms with Crippen LogP contribution in [0.4, 0.5) is 11.4 Å². The molecular weight excluding hydrogens is 360 g/mol. The SMILES string of the molecule is CCCCCCCC1N(Cc2ccccc2)c2ccccc2N1S(=O)(=O)O. The van der Waals surface area contributed by atoms with Gasteiger partial charge in [0.05, 0.1) is 11.4 Å². The van der Waals surface area contributed by atoms with Gasteiger partial charge in [0.1, 0.15) is 6.17 Å². The van der Waals surface area contributed by atoms with Gasteiger partial charge in [-0.2, -0.15) is 8.42 Å². The summed E-state index contributed by atoms with van der Waals surface area (Å²) in [5, 5.41) is 0. The van der Waals surface area contributed by atoms with Gasteiger partial charge in [-0.15, -0.1) is 0 Å². The fraction of sp³-hybridized carbons (Fsp3) is 0.429. The summed E-state index contributed by atoms with van der Waals surface area (Å²) in [6.45, 7) is 2.78. The van der Waals surface area contributed by atoms with Gasteiger partial charge >= 0.3 is 10.3 Å². The monoisotopic (exact) mass is 388 g/mol. The number of rotatable bonds is 9. The van der Waals surface area contributed by atoms with Crippen LogP contribution >= 0.6 is 0 Å². The molecule has 0 aromatic heterocycles. The molecule has 5 nitrogen and oxygen atoms in total. The maximum Gasteiger partial charge on any atom is 0.361 e. The fourth-order valence-electron chi connectivity index (χ4n) is 3.79. The number of benzene rings is 2. The first-order chi connectivity index (χ1) is 13.0. The first-order valence-corrected chi connectivity index (χ1v) is 11.1. The maximum absolute atomic E-state index is 12.2. The van der Waals surface area contributed by atoms with Crippen molar-refractivity contribution in [3.8, 4) is 0 Å². The molecule has 2 aromatic carbocycles. The Kier molecular flexibility index (Phi) is 6.39. The lowest BCUT2D eigenvalue weighted by atomic mass is 10.1. The van der Waals surface area contributed by atoms with Gasteiger partial charge in [0, 0.05) is 6.54 Å². The van der Waals surface area contributed by atoms with Gasteiger partial charge in [-0.05, 0) is 30.5 Å². The molecule has 1 aliphatic heterocycles. The summed E-state index contributed by atoms with van der Waals surface area (Å²) in [5.74, 6) is 0. The van der Waals surface area contributed by atoms with Crippen LogP contribution in [0.15, 0.2) is 54.6 Å². The van der Waals surface area contributed by atoms with Crippen LogP contribution < -0.4 is 9.21 Å². The largest absolute Gasteiger partial charge is 0.361 e. The van der Waals surface area contributed by atoms with Crippen molar-refractivity contribution in [2.24, 2.45) is 0 Å². The summed E-state index contributed by atoms with van der Waals surface area (Å²) in [6.07, 6.45) is 5.80. The number of fused-ring (bicyclic) bond motifs is 1. The van der Waals surface area contributed by atoms with E-state index in [0.29, 0.717) is 18.7 Å². The predicted octanol–water partition coefficient (Wildman–Crippen LogP) is 5.00. The Bertz CT molecular complexity index is 840. The van der Waals surface area contributed by atoms with Crippen molar-refractivity contribution in [1.29, 1.82) is 0 Å². The Balaban J connectivity index is 1.89. The van der Waals surface area contributed by atoms with Crippen molar-refractivity contribution in [2.45, 2.75) is 58.2 Å². The van der Waals surface area contributed by atoms with Gasteiger partial charge in [0.15, 0.2) is 0 Å². The molecule has 2 aromatic rings. The third-order valence-corrected chi connectivity index (χ3v) is 6.01. The topological polar surface area (TPSA) is 60.9 Å². The number of unbranched alkanes of at least 4 members (excludes halogenated alkanes) is 4. The molecular formula is C21H28N2O3S. The van der Waals surface area contributed by atoms with Crippen molar-refractivity contribution in [3.05, 3.63) is 60.2 Å². The van der Waals surface area contributed by atoms with E-state index in [1.54, 1.807) is 12.1 Å². The normalized spacial score (nSPS) is 16.6. The molecule has 3 rings (SSSR count). The van der Waals surface area contributed by atoms with Gasteiger partial charge in [-0.3, -0.25) is 4.55 Å². The minimum Gasteiger partial charge on any atom is -0.344 e. The quantitative estimate of drug-likeness (QED) is 0.485. The molecule has 1 N–H and O–H groups in total. The minimum atomic E-state index is -4.35. The zero-order chi connectivity index (χ0) is 19.3. The molecule has 0 aliphatic carbocycles. The van der Waals surface area contributed by atoms with Gasteiger partial charge in [-0.25, -0.2) is 4.31 Å². The molecule has 0 spiro atoms. The third kappa shape index (κ3) is 4.62. The summed E-state index contributed by atoms with van der Waals surface area (Å²) in [7, 11) is -4.35. The highest BCUT2D eigenvalue weighted by atomic mass is 32.2. The minimum absolute atomic E-state index is 0.403. The maximum atomic E-state index is 12.2. The van der Waals surface area contributed by atoms with Crippen molar-refractivity contribution < 1.29 is 13.0 Å². The summed E-state index contributed by atoms with van der Waals surface area (Å²) >= 11 is 0. The van der Waals surface area contributed by atoms with E-state index in [-0.39, 0.29) is 0 Å². The van der Waals surface area contributed by atoms with Crippen molar-refractivity contribution in [1.82, 2.24) is 0 Å². The second kappa shape index (κ2) is 8.76. The molecule has 0 amide bonds. The van der Waals surface area contributed by atoms with Crippen LogP contribution in [0.1, 0.15) is 51.0 Å². The number of nitrogens with zero attached hydrogens (tertiary/aromatic N) is 2. The Hall–Kier alpha value is -2.05.